The lowest BCUT2D eigenvalue weighted by Crippen LogP contribution is -2.46. The minimum absolute atomic E-state index is 0.0864. The van der Waals surface area contributed by atoms with Gasteiger partial charge in [-0.05, 0) is 124 Å². The van der Waals surface area contributed by atoms with Gasteiger partial charge >= 0.3 is 12.1 Å². The fraction of sp³-hybridized carbons (Fsp3) is 0.854. The van der Waals surface area contributed by atoms with Crippen molar-refractivity contribution >= 4 is 0 Å². The maximum Gasteiger partial charge on any atom is 0.453 e. The number of rotatable bonds is 22. The maximum absolute atomic E-state index is 15.9. The predicted octanol–water partition coefficient (Wildman–Crippen LogP) is 11.8. The summed E-state index contributed by atoms with van der Waals surface area (Å²) in [5.41, 5.74) is 2.21. The van der Waals surface area contributed by atoms with Gasteiger partial charge in [0, 0.05) is 12.3 Å². The summed E-state index contributed by atoms with van der Waals surface area (Å²) in [5.74, 6) is -2.54. The third-order valence-corrected chi connectivity index (χ3v) is 12.6. The number of hydrogen-bond acceptors (Lipinski definition) is 3. The highest BCUT2D eigenvalue weighted by molar-refractivity contribution is 5.41. The molecule has 50 heavy (non-hydrogen) atoms. The molecule has 1 aromatic carbocycles. The third kappa shape index (κ3) is 11.5. The molecule has 3 nitrogen and oxygen atoms in total. The standard InChI is InChI=1S/C41H65F6NO2/c1-3-4-15-29(16-9-8-14-25-48(2)24-13-7-5-6-12-23-40(43,44)41(45,46)47)17-10-11-18-30-26-31-27-32(49)19-20-33(31)39-36(42)28-35-34(38(30)39)21-22-37(35)50/h19-20,27,29-30,34-39,49-50H,3-18,21-26,28H2,1-2H3/t29?,30?,34?,35?,36-,37-,38?,39?/m0/s1. The van der Waals surface area contributed by atoms with Gasteiger partial charge in [0.05, 0.1) is 6.10 Å². The second-order valence-corrected chi connectivity index (χ2v) is 16.3. The van der Waals surface area contributed by atoms with Crippen LogP contribution in [0.15, 0.2) is 18.2 Å². The smallest absolute Gasteiger partial charge is 0.453 e. The van der Waals surface area contributed by atoms with Crippen LogP contribution in [0.4, 0.5) is 26.3 Å². The van der Waals surface area contributed by atoms with Crippen LogP contribution in [-0.2, 0) is 6.42 Å². The Labute approximate surface area is 298 Å². The lowest BCUT2D eigenvalue weighted by Gasteiger charge is -2.50. The molecule has 1 aromatic rings. The number of aliphatic hydroxyl groups is 1. The first kappa shape index (κ1) is 41.3. The summed E-state index contributed by atoms with van der Waals surface area (Å²) in [6, 6.07) is 5.54. The van der Waals surface area contributed by atoms with E-state index in [-0.39, 0.29) is 36.0 Å². The van der Waals surface area contributed by atoms with Crippen molar-refractivity contribution in [2.45, 2.75) is 172 Å². The number of phenols is 1. The Bertz CT molecular complexity index is 1130. The Kier molecular flexibility index (Phi) is 16.1. The predicted molar refractivity (Wildman–Crippen MR) is 189 cm³/mol. The molecule has 0 aliphatic heterocycles. The average Bonchev–Trinajstić information content (AvgIpc) is 3.43. The highest BCUT2D eigenvalue weighted by Gasteiger charge is 2.56. The second kappa shape index (κ2) is 19.6. The lowest BCUT2D eigenvalue weighted by atomic mass is 9.55. The summed E-state index contributed by atoms with van der Waals surface area (Å²) >= 11 is 0. The molecule has 3 aliphatic rings. The Morgan fingerprint density at radius 1 is 0.820 bits per heavy atom. The van der Waals surface area contributed by atoms with Gasteiger partial charge in [-0.2, -0.15) is 22.0 Å². The van der Waals surface area contributed by atoms with Gasteiger partial charge in [0.15, 0.2) is 0 Å². The molecule has 0 bridgehead atoms. The van der Waals surface area contributed by atoms with Gasteiger partial charge in [-0.1, -0.05) is 90.0 Å². The summed E-state index contributed by atoms with van der Waals surface area (Å²) < 4.78 is 78.7. The van der Waals surface area contributed by atoms with Crippen LogP contribution < -0.4 is 0 Å². The van der Waals surface area contributed by atoms with Crippen LogP contribution in [0, 0.1) is 29.6 Å². The van der Waals surface area contributed by atoms with Gasteiger partial charge in [-0.15, -0.1) is 0 Å². The van der Waals surface area contributed by atoms with E-state index in [2.05, 4.69) is 18.9 Å². The monoisotopic (exact) mass is 717 g/mol. The number of aromatic hydroxyl groups is 1. The number of benzene rings is 1. The summed E-state index contributed by atoms with van der Waals surface area (Å²) in [7, 11) is 2.10. The van der Waals surface area contributed by atoms with E-state index in [4.69, 9.17) is 0 Å². The zero-order valence-corrected chi connectivity index (χ0v) is 30.7. The first-order chi connectivity index (χ1) is 23.8. The Balaban J connectivity index is 1.13. The molecule has 6 unspecified atom stereocenters. The number of aliphatic hydroxyl groups excluding tert-OH is 1. The Morgan fingerprint density at radius 2 is 1.46 bits per heavy atom. The van der Waals surface area contributed by atoms with Crippen LogP contribution in [0.3, 0.4) is 0 Å². The molecule has 4 rings (SSSR count). The van der Waals surface area contributed by atoms with Crippen molar-refractivity contribution in [3.63, 3.8) is 0 Å². The quantitative estimate of drug-likeness (QED) is 0.0927. The largest absolute Gasteiger partial charge is 0.508 e. The highest BCUT2D eigenvalue weighted by atomic mass is 19.4. The van der Waals surface area contributed by atoms with Crippen LogP contribution in [-0.4, -0.2) is 59.6 Å². The molecule has 0 spiro atoms. The lowest BCUT2D eigenvalue weighted by molar-refractivity contribution is -0.284. The van der Waals surface area contributed by atoms with Gasteiger partial charge in [0.1, 0.15) is 11.9 Å². The van der Waals surface area contributed by atoms with E-state index in [1.54, 1.807) is 6.07 Å². The first-order valence-electron chi connectivity index (χ1n) is 20.1. The summed E-state index contributed by atoms with van der Waals surface area (Å²) in [6.07, 6.45) is 11.3. The number of hydrogen-bond donors (Lipinski definition) is 2. The summed E-state index contributed by atoms with van der Waals surface area (Å²) in [4.78, 5) is 2.30. The minimum Gasteiger partial charge on any atom is -0.508 e. The van der Waals surface area contributed by atoms with E-state index in [0.29, 0.717) is 31.1 Å². The normalized spacial score (nSPS) is 27.3. The van der Waals surface area contributed by atoms with E-state index in [1.807, 2.05) is 12.1 Å². The van der Waals surface area contributed by atoms with E-state index in [9.17, 15) is 32.2 Å². The van der Waals surface area contributed by atoms with Crippen LogP contribution in [0.2, 0.25) is 0 Å². The molecule has 0 heterocycles. The van der Waals surface area contributed by atoms with E-state index in [1.165, 1.54) is 51.4 Å². The second-order valence-electron chi connectivity index (χ2n) is 16.3. The Hall–Kier alpha value is -1.48. The number of halogens is 6. The molecule has 0 saturated heterocycles. The van der Waals surface area contributed by atoms with Crippen LogP contribution in [0.25, 0.3) is 0 Å². The van der Waals surface area contributed by atoms with Crippen molar-refractivity contribution in [1.29, 1.82) is 0 Å². The highest BCUT2D eigenvalue weighted by Crippen LogP contribution is 2.58. The van der Waals surface area contributed by atoms with E-state index < -0.39 is 24.7 Å². The SMILES string of the molecule is CCCCC(CCCCCN(C)CCCCCCCC(F)(F)C(F)(F)F)CCCCC1Cc2cc(O)ccc2C2C1C1CC[C@H](O)C1C[C@@H]2F. The van der Waals surface area contributed by atoms with Gasteiger partial charge in [0.25, 0.3) is 0 Å². The number of phenolic OH excluding ortho intramolecular Hbond substituents is 1. The van der Waals surface area contributed by atoms with Crippen LogP contribution in [0.1, 0.15) is 152 Å². The molecule has 288 valence electrons. The number of nitrogens with zero attached hydrogens (tertiary/aromatic N) is 1. The zero-order valence-electron chi connectivity index (χ0n) is 30.7. The average molecular weight is 718 g/mol. The van der Waals surface area contributed by atoms with Crippen LogP contribution in [0.5, 0.6) is 5.75 Å². The molecule has 2 fully saturated rings. The van der Waals surface area contributed by atoms with Gasteiger partial charge in [-0.25, -0.2) is 4.39 Å². The fourth-order valence-corrected chi connectivity index (χ4v) is 9.92. The molecule has 2 N–H and O–H groups in total. The molecule has 3 aliphatic carbocycles. The van der Waals surface area contributed by atoms with Crippen molar-refractivity contribution in [1.82, 2.24) is 4.90 Å². The maximum atomic E-state index is 15.9. The van der Waals surface area contributed by atoms with Crippen LogP contribution >= 0.6 is 0 Å². The van der Waals surface area contributed by atoms with E-state index in [0.717, 1.165) is 81.5 Å². The fourth-order valence-electron chi connectivity index (χ4n) is 9.92. The van der Waals surface area contributed by atoms with Gasteiger partial charge < -0.3 is 15.1 Å². The Morgan fingerprint density at radius 3 is 2.16 bits per heavy atom. The summed E-state index contributed by atoms with van der Waals surface area (Å²) in [5, 5.41) is 20.9. The zero-order chi connectivity index (χ0) is 36.3. The molecule has 0 amide bonds. The third-order valence-electron chi connectivity index (χ3n) is 12.6. The van der Waals surface area contributed by atoms with Gasteiger partial charge in [-0.3, -0.25) is 0 Å². The number of alkyl halides is 6. The first-order valence-corrected chi connectivity index (χ1v) is 20.1. The van der Waals surface area contributed by atoms with Gasteiger partial charge in [0.2, 0.25) is 0 Å². The topological polar surface area (TPSA) is 43.7 Å². The van der Waals surface area contributed by atoms with Crippen molar-refractivity contribution < 1.29 is 36.6 Å². The number of unbranched alkanes of at least 4 members (excludes halogenated alkanes) is 8. The molecule has 9 heteroatoms. The molecule has 0 radical (unpaired) electrons. The summed E-state index contributed by atoms with van der Waals surface area (Å²) in [6.45, 7) is 4.19. The van der Waals surface area contributed by atoms with Crippen molar-refractivity contribution in [3.8, 4) is 5.75 Å². The molecular weight excluding hydrogens is 652 g/mol. The van der Waals surface area contributed by atoms with Crippen molar-refractivity contribution in [2.24, 2.45) is 29.6 Å². The molecular formula is C41H65F6NO2. The minimum atomic E-state index is -5.45. The molecule has 0 aromatic heterocycles. The molecule has 2 saturated carbocycles. The van der Waals surface area contributed by atoms with E-state index >= 15 is 4.39 Å². The molecule has 8 atom stereocenters. The number of fused-ring (bicyclic) bond motifs is 5. The van der Waals surface area contributed by atoms with Crippen molar-refractivity contribution in [2.75, 3.05) is 20.1 Å². The van der Waals surface area contributed by atoms with Crippen molar-refractivity contribution in [3.05, 3.63) is 29.3 Å².